The molecule has 0 radical (unpaired) electrons. The van der Waals surface area contributed by atoms with Crippen LogP contribution in [0.2, 0.25) is 0 Å². The molecule has 2 aromatic rings. The highest BCUT2D eigenvalue weighted by molar-refractivity contribution is 7.93. The third kappa shape index (κ3) is 2.05. The van der Waals surface area contributed by atoms with E-state index in [0.29, 0.717) is 36.8 Å². The van der Waals surface area contributed by atoms with E-state index in [-0.39, 0.29) is 22.2 Å². The van der Waals surface area contributed by atoms with E-state index in [1.807, 2.05) is 0 Å². The van der Waals surface area contributed by atoms with Crippen LogP contribution in [-0.2, 0) is 9.84 Å². The fraction of sp³-hybridized carbons (Fsp3) is 0.438. The van der Waals surface area contributed by atoms with Crippen LogP contribution < -0.4 is 0 Å². The summed E-state index contributed by atoms with van der Waals surface area (Å²) >= 11 is 0. The number of sulfone groups is 1. The van der Waals surface area contributed by atoms with Crippen molar-refractivity contribution in [1.29, 1.82) is 0 Å². The van der Waals surface area contributed by atoms with Crippen LogP contribution in [0.4, 0.5) is 0 Å². The lowest BCUT2D eigenvalue weighted by molar-refractivity contribution is 0.0905. The average Bonchev–Trinajstić information content (AvgIpc) is 2.72. The molecule has 2 atom stereocenters. The van der Waals surface area contributed by atoms with Gasteiger partial charge in [-0.1, -0.05) is 0 Å². The van der Waals surface area contributed by atoms with Gasteiger partial charge in [0.15, 0.2) is 15.6 Å². The molecule has 2 bridgehead atoms. The molecule has 2 saturated heterocycles. The average molecular weight is 316 g/mol. The first kappa shape index (κ1) is 13.8. The van der Waals surface area contributed by atoms with Crippen LogP contribution in [0, 0.1) is 5.92 Å². The van der Waals surface area contributed by atoms with Crippen molar-refractivity contribution in [2.24, 2.45) is 5.92 Å². The number of benzene rings is 1. The number of ketones is 1. The molecule has 1 aromatic carbocycles. The largest absolute Gasteiger partial charge is 0.294 e. The first-order chi connectivity index (χ1) is 10.6. The summed E-state index contributed by atoms with van der Waals surface area (Å²) in [6, 6.07) is 5.32. The van der Waals surface area contributed by atoms with E-state index < -0.39 is 9.84 Å². The fourth-order valence-corrected chi connectivity index (χ4v) is 6.25. The summed E-state index contributed by atoms with van der Waals surface area (Å²) in [5.41, 5.74) is 2.06. The molecule has 2 aliphatic heterocycles. The zero-order valence-corrected chi connectivity index (χ0v) is 12.8. The molecule has 0 saturated carbocycles. The lowest BCUT2D eigenvalue weighted by Gasteiger charge is -2.27. The number of aromatic nitrogens is 2. The Labute approximate surface area is 128 Å². The molecule has 5 nitrogen and oxygen atoms in total. The van der Waals surface area contributed by atoms with E-state index in [4.69, 9.17) is 0 Å². The minimum Gasteiger partial charge on any atom is -0.294 e. The third-order valence-electron chi connectivity index (χ3n) is 4.96. The fourth-order valence-electron chi connectivity index (χ4n) is 3.77. The molecular weight excluding hydrogens is 300 g/mol. The maximum Gasteiger partial charge on any atom is 0.166 e. The van der Waals surface area contributed by atoms with Gasteiger partial charge in [-0.05, 0) is 43.9 Å². The topological polar surface area (TPSA) is 77.0 Å². The normalized spacial score (nSPS) is 29.5. The molecule has 0 amide bonds. The summed E-state index contributed by atoms with van der Waals surface area (Å²) in [4.78, 5) is 21.1. The summed E-state index contributed by atoms with van der Waals surface area (Å²) in [6.45, 7) is 0. The Kier molecular flexibility index (Phi) is 3.04. The van der Waals surface area contributed by atoms with Crippen molar-refractivity contribution in [3.63, 3.8) is 0 Å². The molecule has 0 spiro atoms. The van der Waals surface area contributed by atoms with Gasteiger partial charge in [-0.25, -0.2) is 8.42 Å². The first-order valence-electron chi connectivity index (χ1n) is 7.53. The monoisotopic (exact) mass is 316 g/mol. The minimum absolute atomic E-state index is 0.0411. The van der Waals surface area contributed by atoms with Gasteiger partial charge in [-0.15, -0.1) is 0 Å². The van der Waals surface area contributed by atoms with Gasteiger partial charge in [0.25, 0.3) is 0 Å². The third-order valence-corrected chi connectivity index (χ3v) is 7.67. The van der Waals surface area contributed by atoms with E-state index in [2.05, 4.69) is 9.97 Å². The second kappa shape index (κ2) is 4.84. The number of carbonyl (C=O) groups excluding carboxylic acids is 1. The summed E-state index contributed by atoms with van der Waals surface area (Å²) in [7, 11) is -2.99. The van der Waals surface area contributed by atoms with Gasteiger partial charge in [0.05, 0.1) is 21.5 Å². The van der Waals surface area contributed by atoms with Gasteiger partial charge in [-0.2, -0.15) is 0 Å². The zero-order valence-electron chi connectivity index (χ0n) is 12.0. The Morgan fingerprint density at radius 2 is 1.64 bits per heavy atom. The number of hydrogen-bond donors (Lipinski definition) is 0. The second-order valence-electron chi connectivity index (χ2n) is 6.20. The number of fused-ring (bicyclic) bond motifs is 3. The molecule has 22 heavy (non-hydrogen) atoms. The maximum absolute atomic E-state index is 12.7. The number of Topliss-reactive ketones (excluding diaryl/α,β-unsaturated/α-hetero) is 1. The number of rotatable bonds is 2. The SMILES string of the molecule is O=C(c1ccc2nccnc2c1)C1CC2CCC(C1)S2(=O)=O. The lowest BCUT2D eigenvalue weighted by Crippen LogP contribution is -2.36. The Hall–Kier alpha value is -1.82. The van der Waals surface area contributed by atoms with Gasteiger partial charge in [0.1, 0.15) is 0 Å². The van der Waals surface area contributed by atoms with Crippen molar-refractivity contribution in [1.82, 2.24) is 9.97 Å². The predicted octanol–water partition coefficient (Wildman–Crippen LogP) is 2.17. The first-order valence-corrected chi connectivity index (χ1v) is 9.14. The standard InChI is InChI=1S/C16H16N2O3S/c19-16(10-1-4-14-15(9-10)18-6-5-17-14)11-7-12-2-3-13(8-11)22(12,20)21/h1,4-6,9,11-13H,2-3,7-8H2. The smallest absolute Gasteiger partial charge is 0.166 e. The van der Waals surface area contributed by atoms with Gasteiger partial charge < -0.3 is 0 Å². The molecule has 0 aliphatic carbocycles. The van der Waals surface area contributed by atoms with Crippen molar-refractivity contribution < 1.29 is 13.2 Å². The highest BCUT2D eigenvalue weighted by Crippen LogP contribution is 2.42. The molecule has 114 valence electrons. The van der Waals surface area contributed by atoms with Crippen LogP contribution in [0.3, 0.4) is 0 Å². The Morgan fingerprint density at radius 1 is 1.00 bits per heavy atom. The molecule has 4 rings (SSSR count). The van der Waals surface area contributed by atoms with Gasteiger partial charge >= 0.3 is 0 Å². The molecule has 2 unspecified atom stereocenters. The Balaban J connectivity index is 1.64. The number of nitrogens with zero attached hydrogens (tertiary/aromatic N) is 2. The zero-order chi connectivity index (χ0) is 15.3. The summed E-state index contributed by atoms with van der Waals surface area (Å²) < 4.78 is 24.3. The van der Waals surface area contributed by atoms with Crippen molar-refractivity contribution >= 4 is 26.7 Å². The Bertz CT molecular complexity index is 843. The second-order valence-corrected chi connectivity index (χ2v) is 8.71. The quantitative estimate of drug-likeness (QED) is 0.794. The van der Waals surface area contributed by atoms with E-state index >= 15 is 0 Å². The summed E-state index contributed by atoms with van der Waals surface area (Å²) in [5.74, 6) is -0.144. The van der Waals surface area contributed by atoms with Crippen LogP contribution >= 0.6 is 0 Å². The molecular formula is C16H16N2O3S. The van der Waals surface area contributed by atoms with Crippen LogP contribution in [0.25, 0.3) is 11.0 Å². The molecule has 6 heteroatoms. The van der Waals surface area contributed by atoms with Crippen molar-refractivity contribution in [2.75, 3.05) is 0 Å². The molecule has 2 fully saturated rings. The van der Waals surface area contributed by atoms with Gasteiger partial charge in [0.2, 0.25) is 0 Å². The van der Waals surface area contributed by atoms with Crippen LogP contribution in [0.5, 0.6) is 0 Å². The van der Waals surface area contributed by atoms with E-state index in [1.54, 1.807) is 30.6 Å². The summed E-state index contributed by atoms with van der Waals surface area (Å²) in [5, 5.41) is -0.638. The van der Waals surface area contributed by atoms with Gasteiger partial charge in [0, 0.05) is 23.9 Å². The van der Waals surface area contributed by atoms with Crippen molar-refractivity contribution in [2.45, 2.75) is 36.2 Å². The lowest BCUT2D eigenvalue weighted by atomic mass is 9.90. The predicted molar refractivity (Wildman–Crippen MR) is 82.3 cm³/mol. The van der Waals surface area contributed by atoms with E-state index in [9.17, 15) is 13.2 Å². The van der Waals surface area contributed by atoms with Crippen molar-refractivity contribution in [3.8, 4) is 0 Å². The number of carbonyl (C=O) groups is 1. The highest BCUT2D eigenvalue weighted by Gasteiger charge is 2.48. The van der Waals surface area contributed by atoms with Crippen molar-refractivity contribution in [3.05, 3.63) is 36.2 Å². The minimum atomic E-state index is -2.99. The molecule has 2 aliphatic rings. The molecule has 1 aromatic heterocycles. The van der Waals surface area contributed by atoms with Gasteiger partial charge in [-0.3, -0.25) is 14.8 Å². The maximum atomic E-state index is 12.7. The van der Waals surface area contributed by atoms with Crippen LogP contribution in [0.1, 0.15) is 36.0 Å². The van der Waals surface area contributed by atoms with E-state index in [1.165, 1.54) is 0 Å². The molecule has 0 N–H and O–H groups in total. The van der Waals surface area contributed by atoms with Crippen LogP contribution in [-0.4, -0.2) is 34.7 Å². The molecule has 3 heterocycles. The van der Waals surface area contributed by atoms with E-state index in [0.717, 1.165) is 5.52 Å². The number of hydrogen-bond acceptors (Lipinski definition) is 5. The van der Waals surface area contributed by atoms with Crippen LogP contribution in [0.15, 0.2) is 30.6 Å². The summed E-state index contributed by atoms with van der Waals surface area (Å²) in [6.07, 6.45) is 5.57. The Morgan fingerprint density at radius 3 is 2.32 bits per heavy atom. The highest BCUT2D eigenvalue weighted by atomic mass is 32.2.